The monoisotopic (exact) mass is 754 g/mol. The molecule has 4 aromatic rings. The molecule has 0 saturated carbocycles. The molecule has 0 N–H and O–H groups in total. The van der Waals surface area contributed by atoms with Gasteiger partial charge in [0.05, 0.1) is 48.8 Å². The van der Waals surface area contributed by atoms with Crippen LogP contribution in [0.1, 0.15) is 45.9 Å². The van der Waals surface area contributed by atoms with Crippen LogP contribution in [0.15, 0.2) is 146 Å². The maximum absolute atomic E-state index is 4.84. The molecule has 0 amide bonds. The van der Waals surface area contributed by atoms with E-state index in [1.165, 1.54) is 48.1 Å². The molecule has 6 unspecified atom stereocenters. The summed E-state index contributed by atoms with van der Waals surface area (Å²) in [7, 11) is -1.72. The van der Waals surface area contributed by atoms with Crippen molar-refractivity contribution in [2.45, 2.75) is 23.7 Å². The molecule has 1 heterocycles. The van der Waals surface area contributed by atoms with Crippen molar-refractivity contribution in [2.75, 3.05) is 57.0 Å². The standard InChI is InChI=1S/C41H49NP3.Ru.H/c1-43-28-38(34-16-8-4-9-17-34)24-26-42-27-25-39(35-18-10-5-11-19-35)29-44(2)31-41(37-22-14-7-15-23-37)33-45(3)32-40(30-43)36-20-12-6-13-21-36;;/h4-27,38-41H,28-33H2,1-3H3;;/q-1;+1;/p+3/b26-24-,27-25-;;. The predicted octanol–water partition coefficient (Wildman–Crippen LogP) is 10.8. The third-order valence-electron chi connectivity index (χ3n) is 9.32. The van der Waals surface area contributed by atoms with Gasteiger partial charge < -0.3 is 5.32 Å². The van der Waals surface area contributed by atoms with Gasteiger partial charge in [0.15, 0.2) is 0 Å². The third-order valence-corrected chi connectivity index (χ3v) is 16.4. The summed E-state index contributed by atoms with van der Waals surface area (Å²) in [5.74, 6) is 2.12. The second-order valence-corrected chi connectivity index (χ2v) is 21.4. The Morgan fingerprint density at radius 1 is 0.413 bits per heavy atom. The van der Waals surface area contributed by atoms with Crippen LogP contribution in [0.5, 0.6) is 0 Å². The van der Waals surface area contributed by atoms with E-state index in [2.05, 4.69) is 166 Å². The first-order valence-electron chi connectivity index (χ1n) is 16.7. The molecular weight excluding hydrogens is 700 g/mol. The fourth-order valence-corrected chi connectivity index (χ4v) is 15.3. The summed E-state index contributed by atoms with van der Waals surface area (Å²) >= 11 is 0. The quantitative estimate of drug-likeness (QED) is 0.146. The van der Waals surface area contributed by atoms with Crippen LogP contribution in [-0.2, 0) is 19.5 Å². The van der Waals surface area contributed by atoms with Crippen LogP contribution >= 0.6 is 23.8 Å². The summed E-state index contributed by atoms with van der Waals surface area (Å²) in [5.41, 5.74) is 5.92. The van der Waals surface area contributed by atoms with Gasteiger partial charge in [0.25, 0.3) is 0 Å². The Morgan fingerprint density at radius 3 is 1.02 bits per heavy atom. The van der Waals surface area contributed by atoms with Crippen molar-refractivity contribution in [1.29, 1.82) is 0 Å². The number of hydrogen-bond donors (Lipinski definition) is 0. The fraction of sp³-hybridized carbons (Fsp3) is 0.317. The van der Waals surface area contributed by atoms with E-state index in [0.717, 1.165) is 0 Å². The van der Waals surface area contributed by atoms with Crippen LogP contribution in [0.2, 0.25) is 0 Å². The molecule has 1 aliphatic heterocycles. The van der Waals surface area contributed by atoms with Crippen molar-refractivity contribution >= 4 is 23.8 Å². The summed E-state index contributed by atoms with van der Waals surface area (Å²) in [4.78, 5) is 0. The Labute approximate surface area is 295 Å². The van der Waals surface area contributed by atoms with E-state index in [0.29, 0.717) is 23.7 Å². The molecular formula is C41H53NP3Ru+3. The topological polar surface area (TPSA) is 14.1 Å². The molecule has 0 aromatic heterocycles. The second kappa shape index (κ2) is 19.8. The maximum atomic E-state index is 4.84. The molecule has 0 fully saturated rings. The number of benzene rings is 4. The van der Waals surface area contributed by atoms with Gasteiger partial charge in [-0.1, -0.05) is 133 Å². The molecule has 5 rings (SSSR count). The van der Waals surface area contributed by atoms with Crippen molar-refractivity contribution in [3.8, 4) is 0 Å². The van der Waals surface area contributed by atoms with Gasteiger partial charge >= 0.3 is 19.5 Å². The van der Waals surface area contributed by atoms with Crippen molar-refractivity contribution in [1.82, 2.24) is 0 Å². The summed E-state index contributed by atoms with van der Waals surface area (Å²) in [6, 6.07) is 45.1. The second-order valence-electron chi connectivity index (χ2n) is 13.2. The van der Waals surface area contributed by atoms with Gasteiger partial charge in [0, 0.05) is 31.8 Å². The summed E-state index contributed by atoms with van der Waals surface area (Å²) < 4.78 is 0. The van der Waals surface area contributed by atoms with Crippen molar-refractivity contribution in [3.63, 3.8) is 0 Å². The number of hydrogen-bond acceptors (Lipinski definition) is 0. The Balaban J connectivity index is 0.00000480. The zero-order valence-corrected chi connectivity index (χ0v) is 32.6. The van der Waals surface area contributed by atoms with Crippen LogP contribution in [0.3, 0.4) is 0 Å². The average molecular weight is 754 g/mol. The van der Waals surface area contributed by atoms with Crippen molar-refractivity contribution in [2.24, 2.45) is 0 Å². The van der Waals surface area contributed by atoms with E-state index < -0.39 is 23.8 Å². The molecule has 0 spiro atoms. The van der Waals surface area contributed by atoms with E-state index in [-0.39, 0.29) is 19.5 Å². The van der Waals surface area contributed by atoms with Crippen molar-refractivity contribution in [3.05, 3.63) is 173 Å². The number of rotatable bonds is 4. The van der Waals surface area contributed by atoms with Gasteiger partial charge in [-0.2, -0.15) is 12.4 Å². The molecule has 1 radical (unpaired) electrons. The van der Waals surface area contributed by atoms with Gasteiger partial charge in [0.2, 0.25) is 0 Å². The molecule has 4 aromatic carbocycles. The van der Waals surface area contributed by atoms with Crippen LogP contribution in [0, 0.1) is 0 Å². The molecule has 242 valence electrons. The van der Waals surface area contributed by atoms with E-state index in [9.17, 15) is 0 Å². The van der Waals surface area contributed by atoms with E-state index in [1.807, 2.05) is 0 Å². The summed E-state index contributed by atoms with van der Waals surface area (Å²) in [6.45, 7) is 7.78. The first-order valence-corrected chi connectivity index (χ1v) is 24.0. The van der Waals surface area contributed by atoms with Gasteiger partial charge in [-0.3, -0.25) is 0 Å². The third kappa shape index (κ3) is 11.6. The van der Waals surface area contributed by atoms with Gasteiger partial charge in [-0.25, -0.2) is 0 Å². The van der Waals surface area contributed by atoms with E-state index in [4.69, 9.17) is 5.32 Å². The molecule has 6 atom stereocenters. The minimum absolute atomic E-state index is 0. The predicted molar refractivity (Wildman–Crippen MR) is 212 cm³/mol. The van der Waals surface area contributed by atoms with E-state index in [1.54, 1.807) is 11.1 Å². The normalized spacial score (nSPS) is 27.9. The Hall–Kier alpha value is -1.93. The molecule has 5 heteroatoms. The van der Waals surface area contributed by atoms with Crippen LogP contribution in [-0.4, -0.2) is 57.0 Å². The zero-order chi connectivity index (χ0) is 31.3. The van der Waals surface area contributed by atoms with Crippen molar-refractivity contribution < 1.29 is 19.5 Å². The van der Waals surface area contributed by atoms with Crippen LogP contribution in [0.25, 0.3) is 5.32 Å². The zero-order valence-electron chi connectivity index (χ0n) is 27.7. The number of nitrogens with zero attached hydrogens (tertiary/aromatic N) is 1. The van der Waals surface area contributed by atoms with Crippen LogP contribution in [0.4, 0.5) is 0 Å². The van der Waals surface area contributed by atoms with E-state index >= 15 is 0 Å². The molecule has 1 nitrogen and oxygen atoms in total. The SMILES string of the molecule is C[PH+]1CC(c2ccccc2)/C=C\[N-]/C=C\C(c2ccccc2)C[PH+](C)CC(c2ccccc2)C[PH+](C)CC(c2ccccc2)C1.[RuH+]. The Bertz CT molecular complexity index is 1340. The molecule has 0 bridgehead atoms. The van der Waals surface area contributed by atoms with Gasteiger partial charge in [-0.05, 0) is 46.0 Å². The van der Waals surface area contributed by atoms with Gasteiger partial charge in [-0.15, -0.1) is 0 Å². The summed E-state index contributed by atoms with van der Waals surface area (Å²) in [5, 5.41) is 4.84. The first kappa shape index (κ1) is 36.9. The molecule has 0 aliphatic carbocycles. The summed E-state index contributed by atoms with van der Waals surface area (Å²) in [6.07, 6.45) is 16.7. The van der Waals surface area contributed by atoms with Gasteiger partial charge in [0.1, 0.15) is 0 Å². The minimum atomic E-state index is -0.590. The molecule has 0 saturated heterocycles. The molecule has 46 heavy (non-hydrogen) atoms. The fourth-order valence-electron chi connectivity index (χ4n) is 7.10. The molecule has 1 aliphatic rings. The van der Waals surface area contributed by atoms with Crippen LogP contribution < -0.4 is 0 Å². The Kier molecular flexibility index (Phi) is 15.9. The number of allylic oxidation sites excluding steroid dienone is 2. The Morgan fingerprint density at radius 2 is 0.696 bits per heavy atom. The average Bonchev–Trinajstić information content (AvgIpc) is 3.07. The first-order chi connectivity index (χ1) is 22.0.